The molecule has 0 unspecified atom stereocenters. The van der Waals surface area contributed by atoms with Crippen LogP contribution in [-0.4, -0.2) is 27.6 Å². The van der Waals surface area contributed by atoms with Crippen molar-refractivity contribution in [1.29, 1.82) is 0 Å². The number of aliphatic imine (C=N–C) groups is 1. The molecule has 122 valence electrons. The Morgan fingerprint density at radius 1 is 1.21 bits per heavy atom. The van der Waals surface area contributed by atoms with Crippen LogP contribution in [0.3, 0.4) is 0 Å². The maximum Gasteiger partial charge on any atom is 0.284 e. The average molecular weight is 322 g/mol. The zero-order chi connectivity index (χ0) is 16.8. The lowest BCUT2D eigenvalue weighted by Gasteiger charge is -2.01. The molecule has 0 amide bonds. The predicted molar refractivity (Wildman–Crippen MR) is 93.1 cm³/mol. The number of hydrogen-bond donors (Lipinski definition) is 1. The molecule has 0 aliphatic rings. The van der Waals surface area contributed by atoms with Crippen molar-refractivity contribution in [2.45, 2.75) is 13.5 Å². The smallest absolute Gasteiger partial charge is 0.284 e. The molecule has 2 heterocycles. The molecule has 3 rings (SSSR count). The van der Waals surface area contributed by atoms with Crippen molar-refractivity contribution in [2.24, 2.45) is 4.99 Å². The van der Waals surface area contributed by atoms with E-state index >= 15 is 0 Å². The van der Waals surface area contributed by atoms with Crippen LogP contribution in [0.15, 0.2) is 64.6 Å². The second kappa shape index (κ2) is 7.41. The number of aromatic nitrogens is 3. The van der Waals surface area contributed by atoms with Gasteiger partial charge in [0.1, 0.15) is 5.56 Å². The minimum absolute atomic E-state index is 0.192. The number of nitrogens with one attached hydrogen (secondary N) is 1. The van der Waals surface area contributed by atoms with Crippen LogP contribution in [0.1, 0.15) is 18.1 Å². The van der Waals surface area contributed by atoms with Crippen molar-refractivity contribution in [3.8, 4) is 11.6 Å². The molecule has 0 bridgehead atoms. The van der Waals surface area contributed by atoms with E-state index in [1.807, 2.05) is 49.4 Å². The summed E-state index contributed by atoms with van der Waals surface area (Å²) in [6, 6.07) is 13.1. The zero-order valence-electron chi connectivity index (χ0n) is 13.3. The number of rotatable bonds is 6. The summed E-state index contributed by atoms with van der Waals surface area (Å²) in [7, 11) is 0. The Morgan fingerprint density at radius 3 is 2.67 bits per heavy atom. The highest BCUT2D eigenvalue weighted by Gasteiger charge is 2.14. The summed E-state index contributed by atoms with van der Waals surface area (Å²) in [5.41, 5.74) is 1.99. The summed E-state index contributed by atoms with van der Waals surface area (Å²) in [6.45, 7) is 2.81. The van der Waals surface area contributed by atoms with Crippen molar-refractivity contribution in [2.75, 3.05) is 6.61 Å². The van der Waals surface area contributed by atoms with Gasteiger partial charge in [0.05, 0.1) is 18.8 Å². The van der Waals surface area contributed by atoms with E-state index in [4.69, 9.17) is 4.74 Å². The first-order valence-electron chi connectivity index (χ1n) is 7.71. The standard InChI is InChI=1S/C18H18N4O2/c1-2-24-17-16(13-20-12-14-8-10-19-11-9-14)18(23)22(21-17)15-6-4-3-5-7-15/h3-11,13,21H,2,12H2,1H3. The number of hydrogen-bond acceptors (Lipinski definition) is 4. The van der Waals surface area contributed by atoms with Gasteiger partial charge in [-0.25, -0.2) is 4.68 Å². The van der Waals surface area contributed by atoms with Gasteiger partial charge in [0.25, 0.3) is 5.56 Å². The van der Waals surface area contributed by atoms with Gasteiger partial charge >= 0.3 is 0 Å². The lowest BCUT2D eigenvalue weighted by molar-refractivity contribution is 0.324. The molecule has 24 heavy (non-hydrogen) atoms. The minimum Gasteiger partial charge on any atom is -0.478 e. The van der Waals surface area contributed by atoms with Crippen molar-refractivity contribution < 1.29 is 4.74 Å². The van der Waals surface area contributed by atoms with E-state index in [0.29, 0.717) is 24.6 Å². The minimum atomic E-state index is -0.192. The van der Waals surface area contributed by atoms with Crippen molar-refractivity contribution in [3.05, 3.63) is 76.3 Å². The molecule has 0 saturated carbocycles. The molecular weight excluding hydrogens is 304 g/mol. The SMILES string of the molecule is CCOc1[nH]n(-c2ccccc2)c(=O)c1C=NCc1ccncc1. The van der Waals surface area contributed by atoms with Gasteiger partial charge in [0.15, 0.2) is 0 Å². The molecule has 0 fully saturated rings. The topological polar surface area (TPSA) is 72.3 Å². The molecule has 0 radical (unpaired) electrons. The Morgan fingerprint density at radius 2 is 1.96 bits per heavy atom. The van der Waals surface area contributed by atoms with Gasteiger partial charge in [-0.15, -0.1) is 0 Å². The summed E-state index contributed by atoms with van der Waals surface area (Å²) in [5, 5.41) is 3.00. The lowest BCUT2D eigenvalue weighted by Crippen LogP contribution is -2.17. The molecule has 1 N–H and O–H groups in total. The fourth-order valence-electron chi connectivity index (χ4n) is 2.29. The molecule has 0 aliphatic heterocycles. The maximum atomic E-state index is 12.7. The van der Waals surface area contributed by atoms with Gasteiger partial charge in [-0.05, 0) is 36.8 Å². The average Bonchev–Trinajstić information content (AvgIpc) is 2.93. The fourth-order valence-corrected chi connectivity index (χ4v) is 2.29. The summed E-state index contributed by atoms with van der Waals surface area (Å²) in [4.78, 5) is 21.0. The lowest BCUT2D eigenvalue weighted by atomic mass is 10.3. The van der Waals surface area contributed by atoms with E-state index in [1.165, 1.54) is 4.68 Å². The van der Waals surface area contributed by atoms with E-state index in [2.05, 4.69) is 15.1 Å². The van der Waals surface area contributed by atoms with E-state index in [0.717, 1.165) is 11.3 Å². The first-order chi connectivity index (χ1) is 11.8. The van der Waals surface area contributed by atoms with Gasteiger partial charge in [0, 0.05) is 18.6 Å². The van der Waals surface area contributed by atoms with Crippen LogP contribution >= 0.6 is 0 Å². The van der Waals surface area contributed by atoms with E-state index in [1.54, 1.807) is 18.6 Å². The van der Waals surface area contributed by atoms with Gasteiger partial charge in [0.2, 0.25) is 5.88 Å². The number of para-hydroxylation sites is 1. The summed E-state index contributed by atoms with van der Waals surface area (Å²) < 4.78 is 7.00. The third kappa shape index (κ3) is 3.43. The second-order valence-corrected chi connectivity index (χ2v) is 5.09. The highest BCUT2D eigenvalue weighted by Crippen LogP contribution is 2.13. The van der Waals surface area contributed by atoms with Gasteiger partial charge < -0.3 is 4.74 Å². The molecule has 3 aromatic rings. The summed E-state index contributed by atoms with van der Waals surface area (Å²) in [5.74, 6) is 0.421. The Hall–Kier alpha value is -3.15. The van der Waals surface area contributed by atoms with E-state index in [9.17, 15) is 4.79 Å². The van der Waals surface area contributed by atoms with Gasteiger partial charge in [-0.2, -0.15) is 0 Å². The molecule has 0 atom stereocenters. The van der Waals surface area contributed by atoms with Crippen LogP contribution < -0.4 is 10.3 Å². The predicted octanol–water partition coefficient (Wildman–Crippen LogP) is 2.58. The summed E-state index contributed by atoms with van der Waals surface area (Å²) in [6.07, 6.45) is 4.99. The molecule has 0 saturated heterocycles. The number of nitrogens with zero attached hydrogens (tertiary/aromatic N) is 3. The molecule has 0 spiro atoms. The van der Waals surface area contributed by atoms with Crippen LogP contribution in [0.4, 0.5) is 0 Å². The second-order valence-electron chi connectivity index (χ2n) is 5.09. The molecule has 6 nitrogen and oxygen atoms in total. The highest BCUT2D eigenvalue weighted by molar-refractivity contribution is 5.82. The van der Waals surface area contributed by atoms with Gasteiger partial charge in [-0.1, -0.05) is 18.2 Å². The Labute approximate surface area is 139 Å². The normalized spacial score (nSPS) is 11.0. The maximum absolute atomic E-state index is 12.7. The molecule has 2 aromatic heterocycles. The number of benzene rings is 1. The third-order valence-electron chi connectivity index (χ3n) is 3.44. The molecule has 6 heteroatoms. The Bertz CT molecular complexity index is 867. The number of ether oxygens (including phenoxy) is 1. The Kier molecular flexibility index (Phi) is 4.86. The number of aromatic amines is 1. The Balaban J connectivity index is 1.91. The summed E-state index contributed by atoms with van der Waals surface area (Å²) >= 11 is 0. The van der Waals surface area contributed by atoms with Crippen LogP contribution in [0.2, 0.25) is 0 Å². The first-order valence-corrected chi connectivity index (χ1v) is 7.71. The monoisotopic (exact) mass is 322 g/mol. The zero-order valence-corrected chi connectivity index (χ0v) is 13.3. The first kappa shape index (κ1) is 15.7. The largest absolute Gasteiger partial charge is 0.478 e. The van der Waals surface area contributed by atoms with E-state index in [-0.39, 0.29) is 5.56 Å². The highest BCUT2D eigenvalue weighted by atomic mass is 16.5. The van der Waals surface area contributed by atoms with Crippen molar-refractivity contribution >= 4 is 6.21 Å². The molecule has 0 aliphatic carbocycles. The van der Waals surface area contributed by atoms with Crippen LogP contribution in [0.5, 0.6) is 5.88 Å². The van der Waals surface area contributed by atoms with Gasteiger partial charge in [-0.3, -0.25) is 19.9 Å². The van der Waals surface area contributed by atoms with Crippen molar-refractivity contribution in [1.82, 2.24) is 14.8 Å². The van der Waals surface area contributed by atoms with Crippen LogP contribution in [0.25, 0.3) is 5.69 Å². The molecular formula is C18H18N4O2. The number of H-pyrrole nitrogens is 1. The van der Waals surface area contributed by atoms with Crippen LogP contribution in [0, 0.1) is 0 Å². The quantitative estimate of drug-likeness (QED) is 0.709. The van der Waals surface area contributed by atoms with E-state index < -0.39 is 0 Å². The third-order valence-corrected chi connectivity index (χ3v) is 3.44. The fraction of sp³-hybridized carbons (Fsp3) is 0.167. The van der Waals surface area contributed by atoms with Crippen LogP contribution in [-0.2, 0) is 6.54 Å². The van der Waals surface area contributed by atoms with Crippen molar-refractivity contribution in [3.63, 3.8) is 0 Å². The number of pyridine rings is 1. The molecule has 1 aromatic carbocycles.